The van der Waals surface area contributed by atoms with E-state index in [1.54, 1.807) is 10.5 Å². The molecule has 5 rings (SSSR count). The monoisotopic (exact) mass is 357 g/mol. The lowest BCUT2D eigenvalue weighted by atomic mass is 10.0. The summed E-state index contributed by atoms with van der Waals surface area (Å²) in [4.78, 5) is 17.5. The van der Waals surface area contributed by atoms with Crippen LogP contribution in [-0.2, 0) is 7.05 Å². The van der Waals surface area contributed by atoms with Crippen LogP contribution in [0.15, 0.2) is 59.7 Å². The van der Waals surface area contributed by atoms with Gasteiger partial charge >= 0.3 is 0 Å². The van der Waals surface area contributed by atoms with Crippen LogP contribution in [-0.4, -0.2) is 32.3 Å². The summed E-state index contributed by atoms with van der Waals surface area (Å²) < 4.78 is 3.46. The quantitative estimate of drug-likeness (QED) is 0.599. The molecule has 0 aliphatic carbocycles. The largest absolute Gasteiger partial charge is 0.313 e. The van der Waals surface area contributed by atoms with E-state index in [-0.39, 0.29) is 5.56 Å². The van der Waals surface area contributed by atoms with Crippen molar-refractivity contribution >= 4 is 22.1 Å². The maximum absolute atomic E-state index is 12.8. The first-order chi connectivity index (χ1) is 13.2. The number of benzene rings is 1. The summed E-state index contributed by atoms with van der Waals surface area (Å²) in [6, 6.07) is 11.6. The number of hydrogen-bond donors (Lipinski definition) is 1. The molecule has 1 aliphatic heterocycles. The lowest BCUT2D eigenvalue weighted by Crippen LogP contribution is -2.20. The minimum absolute atomic E-state index is 0.0716. The van der Waals surface area contributed by atoms with Crippen molar-refractivity contribution in [2.45, 2.75) is 6.42 Å². The van der Waals surface area contributed by atoms with E-state index >= 15 is 0 Å². The van der Waals surface area contributed by atoms with Crippen LogP contribution in [0.1, 0.15) is 12.0 Å². The Morgan fingerprint density at radius 1 is 1.11 bits per heavy atom. The third-order valence-electron chi connectivity index (χ3n) is 5.14. The van der Waals surface area contributed by atoms with Crippen LogP contribution in [0.5, 0.6) is 0 Å². The normalized spacial score (nSPS) is 14.6. The smallest absolute Gasteiger partial charge is 0.258 e. The molecule has 3 aromatic heterocycles. The molecular weight excluding hydrogens is 338 g/mol. The van der Waals surface area contributed by atoms with E-state index in [0.717, 1.165) is 41.5 Å². The fourth-order valence-electron chi connectivity index (χ4n) is 3.65. The number of fused-ring (bicyclic) bond motifs is 2. The van der Waals surface area contributed by atoms with Crippen LogP contribution in [0.2, 0.25) is 0 Å². The molecule has 27 heavy (non-hydrogen) atoms. The van der Waals surface area contributed by atoms with Gasteiger partial charge in [-0.2, -0.15) is 5.10 Å². The van der Waals surface area contributed by atoms with Gasteiger partial charge in [0.25, 0.3) is 5.56 Å². The number of pyridine rings is 1. The van der Waals surface area contributed by atoms with Crippen LogP contribution < -0.4 is 10.9 Å². The molecular formula is C21H19N5O. The highest BCUT2D eigenvalue weighted by molar-refractivity contribution is 5.84. The molecule has 6 heteroatoms. The molecule has 4 heterocycles. The Morgan fingerprint density at radius 3 is 2.85 bits per heavy atom. The summed E-state index contributed by atoms with van der Waals surface area (Å²) in [5.74, 6) is 0. The standard InChI is InChI=1S/C21H19N5O/c1-25-19-4-2-15(10-17(19)12-23-25)18-11-21(27)26-13-16(3-5-20(26)24-18)14-6-8-22-9-7-14/h2-6,10-13,22H,7-9H2,1H3. The number of nitrogens with zero attached hydrogens (tertiary/aromatic N) is 4. The van der Waals surface area contributed by atoms with Crippen molar-refractivity contribution in [1.29, 1.82) is 0 Å². The van der Waals surface area contributed by atoms with Crippen molar-refractivity contribution in [2.24, 2.45) is 7.05 Å². The Bertz CT molecular complexity index is 1260. The average Bonchev–Trinajstić information content (AvgIpc) is 3.08. The molecule has 1 aromatic carbocycles. The van der Waals surface area contributed by atoms with Crippen molar-refractivity contribution in [3.63, 3.8) is 0 Å². The number of aromatic nitrogens is 4. The molecule has 0 spiro atoms. The van der Waals surface area contributed by atoms with Crippen molar-refractivity contribution in [2.75, 3.05) is 13.1 Å². The fraction of sp³-hybridized carbons (Fsp3) is 0.190. The van der Waals surface area contributed by atoms with Gasteiger partial charge in [-0.05, 0) is 48.4 Å². The van der Waals surface area contributed by atoms with Gasteiger partial charge in [0.2, 0.25) is 0 Å². The van der Waals surface area contributed by atoms with E-state index in [1.807, 2.05) is 54.5 Å². The van der Waals surface area contributed by atoms with Gasteiger partial charge in [0.05, 0.1) is 17.4 Å². The predicted molar refractivity (Wildman–Crippen MR) is 107 cm³/mol. The number of hydrogen-bond acceptors (Lipinski definition) is 4. The molecule has 0 radical (unpaired) electrons. The molecule has 0 amide bonds. The Labute approximate surface area is 155 Å². The average molecular weight is 357 g/mol. The Hall–Kier alpha value is -3.25. The van der Waals surface area contributed by atoms with E-state index < -0.39 is 0 Å². The molecule has 0 atom stereocenters. The lowest BCUT2D eigenvalue weighted by molar-refractivity contribution is 0.738. The number of nitrogens with one attached hydrogen (secondary N) is 1. The SMILES string of the molecule is Cn1ncc2cc(-c3cc(=O)n4cc(C5=CCNCC5)ccc4n3)ccc21. The second-order valence-electron chi connectivity index (χ2n) is 6.85. The highest BCUT2D eigenvalue weighted by atomic mass is 16.1. The van der Waals surface area contributed by atoms with E-state index in [2.05, 4.69) is 16.5 Å². The first kappa shape index (κ1) is 16.0. The summed E-state index contributed by atoms with van der Waals surface area (Å²) in [6.45, 7) is 1.84. The summed E-state index contributed by atoms with van der Waals surface area (Å²) in [5, 5.41) is 8.61. The third-order valence-corrected chi connectivity index (χ3v) is 5.14. The van der Waals surface area contributed by atoms with E-state index in [0.29, 0.717) is 11.3 Å². The zero-order chi connectivity index (χ0) is 18.4. The summed E-state index contributed by atoms with van der Waals surface area (Å²) in [7, 11) is 1.91. The molecule has 1 N–H and O–H groups in total. The van der Waals surface area contributed by atoms with Gasteiger partial charge in [0.15, 0.2) is 0 Å². The maximum atomic E-state index is 12.8. The molecule has 0 fully saturated rings. The van der Waals surface area contributed by atoms with Crippen molar-refractivity contribution in [3.05, 3.63) is 70.8 Å². The Kier molecular flexibility index (Phi) is 3.65. The van der Waals surface area contributed by atoms with Crippen molar-refractivity contribution < 1.29 is 0 Å². The highest BCUT2D eigenvalue weighted by Gasteiger charge is 2.10. The van der Waals surface area contributed by atoms with E-state index in [4.69, 9.17) is 4.98 Å². The zero-order valence-corrected chi connectivity index (χ0v) is 15.0. The van der Waals surface area contributed by atoms with Crippen LogP contribution in [0.3, 0.4) is 0 Å². The van der Waals surface area contributed by atoms with Gasteiger partial charge in [0.1, 0.15) is 5.65 Å². The van der Waals surface area contributed by atoms with Crippen LogP contribution >= 0.6 is 0 Å². The van der Waals surface area contributed by atoms with Crippen molar-refractivity contribution in [1.82, 2.24) is 24.5 Å². The first-order valence-corrected chi connectivity index (χ1v) is 9.05. The molecule has 0 unspecified atom stereocenters. The molecule has 0 bridgehead atoms. The van der Waals surface area contributed by atoms with Gasteiger partial charge in [-0.1, -0.05) is 12.1 Å². The van der Waals surface area contributed by atoms with Gasteiger partial charge in [0, 0.05) is 36.8 Å². The predicted octanol–water partition coefficient (Wildman–Crippen LogP) is 2.62. The summed E-state index contributed by atoms with van der Waals surface area (Å²) in [6.07, 6.45) is 6.87. The fourth-order valence-corrected chi connectivity index (χ4v) is 3.65. The minimum Gasteiger partial charge on any atom is -0.313 e. The van der Waals surface area contributed by atoms with E-state index in [9.17, 15) is 4.79 Å². The van der Waals surface area contributed by atoms with Gasteiger partial charge in [-0.25, -0.2) is 4.98 Å². The van der Waals surface area contributed by atoms with Gasteiger partial charge < -0.3 is 5.32 Å². The molecule has 0 saturated heterocycles. The Morgan fingerprint density at radius 2 is 2.00 bits per heavy atom. The molecule has 0 saturated carbocycles. The highest BCUT2D eigenvalue weighted by Crippen LogP contribution is 2.23. The van der Waals surface area contributed by atoms with Crippen LogP contribution in [0.25, 0.3) is 33.4 Å². The number of aryl methyl sites for hydroxylation is 1. The maximum Gasteiger partial charge on any atom is 0.258 e. The van der Waals surface area contributed by atoms with Gasteiger partial charge in [-0.15, -0.1) is 0 Å². The first-order valence-electron chi connectivity index (χ1n) is 9.05. The van der Waals surface area contributed by atoms with Crippen LogP contribution in [0, 0.1) is 0 Å². The molecule has 4 aromatic rings. The van der Waals surface area contributed by atoms with Crippen LogP contribution in [0.4, 0.5) is 0 Å². The van der Waals surface area contributed by atoms with Gasteiger partial charge in [-0.3, -0.25) is 13.9 Å². The minimum atomic E-state index is -0.0716. The molecule has 134 valence electrons. The molecule has 1 aliphatic rings. The molecule has 6 nitrogen and oxygen atoms in total. The van der Waals surface area contributed by atoms with E-state index in [1.165, 1.54) is 5.57 Å². The second kappa shape index (κ2) is 6.17. The topological polar surface area (TPSA) is 64.2 Å². The summed E-state index contributed by atoms with van der Waals surface area (Å²) >= 11 is 0. The lowest BCUT2D eigenvalue weighted by Gasteiger charge is -2.15. The number of rotatable bonds is 2. The third kappa shape index (κ3) is 2.74. The van der Waals surface area contributed by atoms with Crippen molar-refractivity contribution in [3.8, 4) is 11.3 Å². The summed E-state index contributed by atoms with van der Waals surface area (Å²) in [5.41, 5.74) is 5.58. The zero-order valence-electron chi connectivity index (χ0n) is 15.0. The Balaban J connectivity index is 1.61. The second-order valence-corrected chi connectivity index (χ2v) is 6.85.